The molecule has 1 heterocycles. The molecule has 19 heavy (non-hydrogen) atoms. The number of hydrogen-bond acceptors (Lipinski definition) is 3. The van der Waals surface area contributed by atoms with Gasteiger partial charge in [0, 0.05) is 18.2 Å². The predicted octanol–water partition coefficient (Wildman–Crippen LogP) is 2.27. The number of fused-ring (bicyclic) bond motifs is 1. The Morgan fingerprint density at radius 3 is 2.84 bits per heavy atom. The molecule has 0 unspecified atom stereocenters. The molecule has 3 aromatic rings. The summed E-state index contributed by atoms with van der Waals surface area (Å²) in [5.74, 6) is -0.291. The lowest BCUT2D eigenvalue weighted by atomic mass is 10.0. The molecule has 4 nitrogen and oxygen atoms in total. The number of halogens is 1. The number of aryl methyl sites for hydroxylation is 1. The van der Waals surface area contributed by atoms with Gasteiger partial charge in [-0.15, -0.1) is 5.10 Å². The average Bonchev–Trinajstić information content (AvgIpc) is 2.80. The number of aromatic nitrogens is 3. The molecule has 0 fully saturated rings. The van der Waals surface area contributed by atoms with E-state index in [-0.39, 0.29) is 12.4 Å². The molecule has 1 aromatic heterocycles. The van der Waals surface area contributed by atoms with E-state index >= 15 is 0 Å². The van der Waals surface area contributed by atoms with Gasteiger partial charge in [0.25, 0.3) is 0 Å². The molecule has 3 rings (SSSR count). The van der Waals surface area contributed by atoms with E-state index in [9.17, 15) is 9.50 Å². The molecule has 0 saturated heterocycles. The monoisotopic (exact) mass is 257 g/mol. The van der Waals surface area contributed by atoms with Gasteiger partial charge in [-0.2, -0.15) is 0 Å². The number of aliphatic hydroxyl groups excluding tert-OH is 1. The summed E-state index contributed by atoms with van der Waals surface area (Å²) in [6, 6.07) is 9.99. The van der Waals surface area contributed by atoms with Crippen LogP contribution < -0.4 is 0 Å². The Labute approximate surface area is 109 Å². The van der Waals surface area contributed by atoms with Crippen LogP contribution in [0, 0.1) is 5.82 Å². The van der Waals surface area contributed by atoms with E-state index < -0.39 is 0 Å². The van der Waals surface area contributed by atoms with Crippen molar-refractivity contribution in [3.63, 3.8) is 0 Å². The molecule has 0 saturated carbocycles. The Bertz CT molecular complexity index is 752. The second kappa shape index (κ2) is 4.44. The van der Waals surface area contributed by atoms with Crippen molar-refractivity contribution in [2.75, 3.05) is 0 Å². The highest BCUT2D eigenvalue weighted by molar-refractivity contribution is 5.93. The zero-order valence-electron chi connectivity index (χ0n) is 10.3. The van der Waals surface area contributed by atoms with E-state index in [0.29, 0.717) is 5.52 Å². The fraction of sp³-hybridized carbons (Fsp3) is 0.143. The van der Waals surface area contributed by atoms with Gasteiger partial charge in [0.05, 0.1) is 12.1 Å². The normalized spacial score (nSPS) is 11.1. The molecule has 0 radical (unpaired) electrons. The van der Waals surface area contributed by atoms with Gasteiger partial charge in [0.2, 0.25) is 0 Å². The Morgan fingerprint density at radius 1 is 1.26 bits per heavy atom. The van der Waals surface area contributed by atoms with Crippen molar-refractivity contribution in [1.29, 1.82) is 0 Å². The molecule has 2 aromatic carbocycles. The maximum absolute atomic E-state index is 13.3. The van der Waals surface area contributed by atoms with E-state index in [1.54, 1.807) is 17.8 Å². The first-order chi connectivity index (χ1) is 9.20. The third-order valence-corrected chi connectivity index (χ3v) is 3.14. The molecule has 0 aliphatic rings. The van der Waals surface area contributed by atoms with Gasteiger partial charge in [-0.3, -0.25) is 0 Å². The zero-order chi connectivity index (χ0) is 13.4. The third-order valence-electron chi connectivity index (χ3n) is 3.14. The van der Waals surface area contributed by atoms with E-state index in [2.05, 4.69) is 10.3 Å². The molecule has 0 atom stereocenters. The number of nitrogens with zero attached hydrogens (tertiary/aromatic N) is 3. The summed E-state index contributed by atoms with van der Waals surface area (Å²) < 4.78 is 14.9. The molecular weight excluding hydrogens is 245 g/mol. The Kier molecular flexibility index (Phi) is 2.76. The van der Waals surface area contributed by atoms with Crippen LogP contribution in [0.3, 0.4) is 0 Å². The summed E-state index contributed by atoms with van der Waals surface area (Å²) in [7, 11) is 1.77. The van der Waals surface area contributed by atoms with Gasteiger partial charge in [0.1, 0.15) is 11.3 Å². The highest BCUT2D eigenvalue weighted by Gasteiger charge is 2.13. The van der Waals surface area contributed by atoms with Crippen molar-refractivity contribution >= 4 is 11.0 Å². The van der Waals surface area contributed by atoms with E-state index in [1.807, 2.05) is 18.2 Å². The molecule has 0 amide bonds. The quantitative estimate of drug-likeness (QED) is 0.766. The molecule has 5 heteroatoms. The van der Waals surface area contributed by atoms with Crippen molar-refractivity contribution in [3.8, 4) is 11.1 Å². The lowest BCUT2D eigenvalue weighted by molar-refractivity contribution is 0.283. The minimum absolute atomic E-state index is 0.0822. The Balaban J connectivity index is 2.31. The van der Waals surface area contributed by atoms with Crippen molar-refractivity contribution in [1.82, 2.24) is 15.0 Å². The van der Waals surface area contributed by atoms with Crippen LogP contribution in [0.4, 0.5) is 4.39 Å². The highest BCUT2D eigenvalue weighted by Crippen LogP contribution is 2.29. The largest absolute Gasteiger partial charge is 0.392 e. The van der Waals surface area contributed by atoms with Gasteiger partial charge in [-0.1, -0.05) is 29.5 Å². The fourth-order valence-electron chi connectivity index (χ4n) is 2.26. The molecule has 0 aliphatic carbocycles. The van der Waals surface area contributed by atoms with Crippen molar-refractivity contribution in [2.24, 2.45) is 7.05 Å². The first-order valence-electron chi connectivity index (χ1n) is 5.89. The van der Waals surface area contributed by atoms with Crippen LogP contribution in [0.25, 0.3) is 22.2 Å². The highest BCUT2D eigenvalue weighted by atomic mass is 19.1. The first-order valence-corrected chi connectivity index (χ1v) is 5.89. The third kappa shape index (κ3) is 1.88. The molecule has 0 spiro atoms. The minimum atomic E-state index is -0.291. The number of rotatable bonds is 2. The van der Waals surface area contributed by atoms with Crippen LogP contribution in [0.5, 0.6) is 0 Å². The standard InChI is InChI=1S/C14H12FN3O/c1-18-14-10(8-19)5-6-12(13(14)16-17-18)9-3-2-4-11(15)7-9/h2-7,19H,8H2,1H3. The first kappa shape index (κ1) is 11.8. The van der Waals surface area contributed by atoms with Crippen molar-refractivity contribution in [3.05, 3.63) is 47.8 Å². The van der Waals surface area contributed by atoms with Crippen LogP contribution in [0.1, 0.15) is 5.56 Å². The second-order valence-corrected chi connectivity index (χ2v) is 4.35. The van der Waals surface area contributed by atoms with Gasteiger partial charge < -0.3 is 5.11 Å². The molecule has 96 valence electrons. The Hall–Kier alpha value is -2.27. The summed E-state index contributed by atoms with van der Waals surface area (Å²) >= 11 is 0. The van der Waals surface area contributed by atoms with E-state index in [1.165, 1.54) is 12.1 Å². The van der Waals surface area contributed by atoms with Crippen LogP contribution in [0.2, 0.25) is 0 Å². The van der Waals surface area contributed by atoms with Gasteiger partial charge in [-0.05, 0) is 17.7 Å². The summed E-state index contributed by atoms with van der Waals surface area (Å²) in [6.45, 7) is -0.0822. The van der Waals surface area contributed by atoms with E-state index in [0.717, 1.165) is 22.2 Å². The van der Waals surface area contributed by atoms with E-state index in [4.69, 9.17) is 0 Å². The lowest BCUT2D eigenvalue weighted by Crippen LogP contribution is -1.95. The van der Waals surface area contributed by atoms with Gasteiger partial charge in [-0.25, -0.2) is 9.07 Å². The number of aliphatic hydroxyl groups is 1. The SMILES string of the molecule is Cn1nnc2c(-c3cccc(F)c3)ccc(CO)c21. The smallest absolute Gasteiger partial charge is 0.123 e. The molecule has 0 aliphatic heterocycles. The van der Waals surface area contributed by atoms with Crippen molar-refractivity contribution in [2.45, 2.75) is 6.61 Å². The number of benzene rings is 2. The van der Waals surface area contributed by atoms with Crippen LogP contribution in [-0.4, -0.2) is 20.1 Å². The summed E-state index contributed by atoms with van der Waals surface area (Å²) in [5, 5.41) is 17.4. The van der Waals surface area contributed by atoms with Crippen molar-refractivity contribution < 1.29 is 9.50 Å². The maximum Gasteiger partial charge on any atom is 0.123 e. The topological polar surface area (TPSA) is 50.9 Å². The summed E-state index contributed by atoms with van der Waals surface area (Å²) in [4.78, 5) is 0. The van der Waals surface area contributed by atoms with Gasteiger partial charge >= 0.3 is 0 Å². The van der Waals surface area contributed by atoms with Crippen LogP contribution in [-0.2, 0) is 13.7 Å². The average molecular weight is 257 g/mol. The van der Waals surface area contributed by atoms with Gasteiger partial charge in [0.15, 0.2) is 0 Å². The minimum Gasteiger partial charge on any atom is -0.392 e. The molecular formula is C14H12FN3O. The maximum atomic E-state index is 13.3. The summed E-state index contributed by atoms with van der Waals surface area (Å²) in [6.07, 6.45) is 0. The molecule has 0 bridgehead atoms. The second-order valence-electron chi connectivity index (χ2n) is 4.35. The van der Waals surface area contributed by atoms with Crippen LogP contribution >= 0.6 is 0 Å². The summed E-state index contributed by atoms with van der Waals surface area (Å²) in [5.41, 5.74) is 3.74. The lowest BCUT2D eigenvalue weighted by Gasteiger charge is -2.06. The predicted molar refractivity (Wildman–Crippen MR) is 69.8 cm³/mol. The zero-order valence-corrected chi connectivity index (χ0v) is 10.3. The number of hydrogen-bond donors (Lipinski definition) is 1. The Morgan fingerprint density at radius 2 is 2.11 bits per heavy atom. The molecule has 1 N–H and O–H groups in total. The fourth-order valence-corrected chi connectivity index (χ4v) is 2.26. The van der Waals surface area contributed by atoms with Crippen LogP contribution in [0.15, 0.2) is 36.4 Å².